The minimum atomic E-state index is -0.298. The summed E-state index contributed by atoms with van der Waals surface area (Å²) in [5.74, 6) is -0.571. The highest BCUT2D eigenvalue weighted by Crippen LogP contribution is 2.15. The summed E-state index contributed by atoms with van der Waals surface area (Å²) in [4.78, 5) is 21.4. The first-order chi connectivity index (χ1) is 6.56. The molecule has 0 heterocycles. The van der Waals surface area contributed by atoms with Gasteiger partial charge in [-0.25, -0.2) is 4.39 Å². The van der Waals surface area contributed by atoms with Gasteiger partial charge in [0.1, 0.15) is 12.1 Å². The molecule has 0 aromatic heterocycles. The fourth-order valence-electron chi connectivity index (χ4n) is 1.30. The standard InChI is InChI=1S/C11H11FO2/c1-7-5-9(10(14)3-4-13)6-8(2)11(7)12/h4-6H,3H2,1-2H3. The highest BCUT2D eigenvalue weighted by molar-refractivity contribution is 6.02. The fourth-order valence-corrected chi connectivity index (χ4v) is 1.30. The molecule has 1 aromatic carbocycles. The minimum absolute atomic E-state index is 0.148. The van der Waals surface area contributed by atoms with Gasteiger partial charge in [-0.1, -0.05) is 0 Å². The second kappa shape index (κ2) is 4.13. The highest BCUT2D eigenvalue weighted by atomic mass is 19.1. The predicted molar refractivity (Wildman–Crippen MR) is 50.9 cm³/mol. The van der Waals surface area contributed by atoms with Crippen molar-refractivity contribution in [2.45, 2.75) is 20.3 Å². The van der Waals surface area contributed by atoms with Crippen molar-refractivity contribution in [1.82, 2.24) is 0 Å². The van der Waals surface area contributed by atoms with Crippen molar-refractivity contribution in [2.75, 3.05) is 0 Å². The van der Waals surface area contributed by atoms with Crippen LogP contribution < -0.4 is 0 Å². The van der Waals surface area contributed by atoms with Crippen molar-refractivity contribution in [1.29, 1.82) is 0 Å². The lowest BCUT2D eigenvalue weighted by Gasteiger charge is -2.04. The molecule has 0 aliphatic heterocycles. The van der Waals surface area contributed by atoms with E-state index in [0.717, 1.165) is 0 Å². The largest absolute Gasteiger partial charge is 0.303 e. The number of carbonyl (C=O) groups excluding carboxylic acids is 2. The third-order valence-corrected chi connectivity index (χ3v) is 2.03. The number of rotatable bonds is 3. The van der Waals surface area contributed by atoms with Crippen LogP contribution in [0.1, 0.15) is 27.9 Å². The van der Waals surface area contributed by atoms with E-state index >= 15 is 0 Å². The van der Waals surface area contributed by atoms with E-state index < -0.39 is 0 Å². The number of benzene rings is 1. The molecule has 1 aromatic rings. The SMILES string of the molecule is Cc1cc(C(=O)CC=O)cc(C)c1F. The Bertz CT molecular complexity index is 360. The molecule has 0 saturated carbocycles. The monoisotopic (exact) mass is 194 g/mol. The first-order valence-corrected chi connectivity index (χ1v) is 4.30. The van der Waals surface area contributed by atoms with Crippen LogP contribution in [-0.2, 0) is 4.79 Å². The summed E-state index contributed by atoms with van der Waals surface area (Å²) >= 11 is 0. The number of aldehydes is 1. The maximum absolute atomic E-state index is 13.2. The smallest absolute Gasteiger partial charge is 0.169 e. The molecule has 0 N–H and O–H groups in total. The molecule has 0 radical (unpaired) electrons. The van der Waals surface area contributed by atoms with Gasteiger partial charge in [0.15, 0.2) is 5.78 Å². The van der Waals surface area contributed by atoms with Gasteiger partial charge in [0.2, 0.25) is 0 Å². The van der Waals surface area contributed by atoms with E-state index in [1.54, 1.807) is 13.8 Å². The van der Waals surface area contributed by atoms with E-state index in [1.807, 2.05) is 0 Å². The van der Waals surface area contributed by atoms with Gasteiger partial charge >= 0.3 is 0 Å². The molecular formula is C11H11FO2. The molecule has 0 atom stereocenters. The summed E-state index contributed by atoms with van der Waals surface area (Å²) in [7, 11) is 0. The van der Waals surface area contributed by atoms with Crippen LogP contribution in [0.4, 0.5) is 4.39 Å². The molecule has 0 amide bonds. The van der Waals surface area contributed by atoms with E-state index in [-0.39, 0.29) is 18.0 Å². The zero-order valence-corrected chi connectivity index (χ0v) is 8.13. The Morgan fingerprint density at radius 3 is 2.29 bits per heavy atom. The maximum atomic E-state index is 13.2. The minimum Gasteiger partial charge on any atom is -0.303 e. The van der Waals surface area contributed by atoms with Gasteiger partial charge in [-0.3, -0.25) is 4.79 Å². The Labute approximate surface area is 81.7 Å². The van der Waals surface area contributed by atoms with E-state index in [4.69, 9.17) is 0 Å². The predicted octanol–water partition coefficient (Wildman–Crippen LogP) is 2.21. The van der Waals surface area contributed by atoms with Crippen LogP contribution in [0.2, 0.25) is 0 Å². The number of hydrogen-bond acceptors (Lipinski definition) is 2. The van der Waals surface area contributed by atoms with E-state index in [1.165, 1.54) is 12.1 Å². The summed E-state index contributed by atoms with van der Waals surface area (Å²) in [6, 6.07) is 2.93. The second-order valence-corrected chi connectivity index (χ2v) is 3.22. The number of hydrogen-bond donors (Lipinski definition) is 0. The highest BCUT2D eigenvalue weighted by Gasteiger charge is 2.09. The first-order valence-electron chi connectivity index (χ1n) is 4.30. The zero-order valence-electron chi connectivity index (χ0n) is 8.13. The molecule has 0 aliphatic rings. The molecule has 0 spiro atoms. The van der Waals surface area contributed by atoms with Crippen LogP contribution >= 0.6 is 0 Å². The molecular weight excluding hydrogens is 183 g/mol. The molecule has 0 aliphatic carbocycles. The van der Waals surface area contributed by atoms with E-state index in [2.05, 4.69) is 0 Å². The summed E-state index contributed by atoms with van der Waals surface area (Å²) in [5.41, 5.74) is 1.26. The first kappa shape index (κ1) is 10.6. The summed E-state index contributed by atoms with van der Waals surface area (Å²) < 4.78 is 13.2. The van der Waals surface area contributed by atoms with Crippen molar-refractivity contribution >= 4 is 12.1 Å². The van der Waals surface area contributed by atoms with Crippen LogP contribution in [0.15, 0.2) is 12.1 Å². The lowest BCUT2D eigenvalue weighted by atomic mass is 10.0. The number of aryl methyl sites for hydroxylation is 2. The van der Waals surface area contributed by atoms with Crippen LogP contribution in [0.25, 0.3) is 0 Å². The Kier molecular flexibility index (Phi) is 3.12. The van der Waals surface area contributed by atoms with Gasteiger partial charge in [-0.05, 0) is 37.1 Å². The van der Waals surface area contributed by atoms with Gasteiger partial charge in [-0.2, -0.15) is 0 Å². The average Bonchev–Trinajstić information content (AvgIpc) is 2.13. The molecule has 3 heteroatoms. The van der Waals surface area contributed by atoms with Crippen molar-refractivity contribution in [2.24, 2.45) is 0 Å². The van der Waals surface area contributed by atoms with Crippen molar-refractivity contribution in [3.8, 4) is 0 Å². The topological polar surface area (TPSA) is 34.1 Å². The summed E-state index contributed by atoms with van der Waals surface area (Å²) in [5, 5.41) is 0. The van der Waals surface area contributed by atoms with Crippen LogP contribution in [0.5, 0.6) is 0 Å². The lowest BCUT2D eigenvalue weighted by molar-refractivity contribution is -0.107. The number of Topliss-reactive ketones (excluding diaryl/α,β-unsaturated/α-hetero) is 1. The molecule has 1 rings (SSSR count). The van der Waals surface area contributed by atoms with Crippen molar-refractivity contribution < 1.29 is 14.0 Å². The summed E-state index contributed by atoms with van der Waals surface area (Å²) in [6.45, 7) is 3.19. The Hall–Kier alpha value is -1.51. The lowest BCUT2D eigenvalue weighted by Crippen LogP contribution is -2.02. The number of ketones is 1. The van der Waals surface area contributed by atoms with E-state index in [9.17, 15) is 14.0 Å². The molecule has 74 valence electrons. The van der Waals surface area contributed by atoms with Crippen LogP contribution in [0.3, 0.4) is 0 Å². The molecule has 14 heavy (non-hydrogen) atoms. The quantitative estimate of drug-likeness (QED) is 0.420. The fraction of sp³-hybridized carbons (Fsp3) is 0.273. The van der Waals surface area contributed by atoms with Gasteiger partial charge in [0.05, 0.1) is 6.42 Å². The molecule has 0 saturated heterocycles. The van der Waals surface area contributed by atoms with Crippen molar-refractivity contribution in [3.05, 3.63) is 34.6 Å². The summed E-state index contributed by atoms with van der Waals surface area (Å²) in [6.07, 6.45) is 0.404. The van der Waals surface area contributed by atoms with Crippen molar-refractivity contribution in [3.63, 3.8) is 0 Å². The molecule has 2 nitrogen and oxygen atoms in total. The molecule has 0 fully saturated rings. The Balaban J connectivity index is 3.12. The van der Waals surface area contributed by atoms with Crippen LogP contribution in [0, 0.1) is 19.7 Å². The van der Waals surface area contributed by atoms with Gasteiger partial charge in [-0.15, -0.1) is 0 Å². The second-order valence-electron chi connectivity index (χ2n) is 3.22. The van der Waals surface area contributed by atoms with Crippen LogP contribution in [-0.4, -0.2) is 12.1 Å². The maximum Gasteiger partial charge on any atom is 0.169 e. The Morgan fingerprint density at radius 2 is 1.86 bits per heavy atom. The zero-order chi connectivity index (χ0) is 10.7. The number of halogens is 1. The molecule has 0 unspecified atom stereocenters. The normalized spacial score (nSPS) is 9.93. The van der Waals surface area contributed by atoms with Gasteiger partial charge in [0.25, 0.3) is 0 Å². The third-order valence-electron chi connectivity index (χ3n) is 2.03. The molecule has 0 bridgehead atoms. The number of carbonyl (C=O) groups is 2. The average molecular weight is 194 g/mol. The van der Waals surface area contributed by atoms with Gasteiger partial charge in [0, 0.05) is 5.56 Å². The van der Waals surface area contributed by atoms with Gasteiger partial charge < -0.3 is 4.79 Å². The third kappa shape index (κ3) is 2.05. The van der Waals surface area contributed by atoms with E-state index in [0.29, 0.717) is 23.0 Å². The Morgan fingerprint density at radius 1 is 1.36 bits per heavy atom.